The molecule has 1 aromatic heterocycles. The Kier molecular flexibility index (Phi) is 3.91. The number of rotatable bonds is 3. The predicted molar refractivity (Wildman–Crippen MR) is 61.7 cm³/mol. The highest BCUT2D eigenvalue weighted by Crippen LogP contribution is 2.20. The quantitative estimate of drug-likeness (QED) is 0.809. The van der Waals surface area contributed by atoms with Crippen molar-refractivity contribution in [2.24, 2.45) is 5.73 Å². The van der Waals surface area contributed by atoms with Crippen LogP contribution < -0.4 is 5.73 Å². The summed E-state index contributed by atoms with van der Waals surface area (Å²) in [5, 5.41) is 0. The lowest BCUT2D eigenvalue weighted by atomic mass is 10.3. The van der Waals surface area contributed by atoms with E-state index in [2.05, 4.69) is 4.98 Å². The Hall–Kier alpha value is -1.09. The summed E-state index contributed by atoms with van der Waals surface area (Å²) in [6.07, 6.45) is 2.08. The number of morpholine rings is 1. The van der Waals surface area contributed by atoms with Crippen molar-refractivity contribution >= 4 is 10.0 Å². The van der Waals surface area contributed by atoms with Gasteiger partial charge in [0.05, 0.1) is 25.5 Å². The minimum absolute atomic E-state index is 0.155. The molecule has 2 heterocycles. The van der Waals surface area contributed by atoms with Crippen LogP contribution in [0.1, 0.15) is 0 Å². The van der Waals surface area contributed by atoms with Crippen LogP contribution in [-0.4, -0.2) is 50.1 Å². The molecule has 1 fully saturated rings. The Morgan fingerprint density at radius 3 is 3.00 bits per heavy atom. The zero-order chi connectivity index (χ0) is 13.2. The molecular weight excluding hydrogens is 261 g/mol. The van der Waals surface area contributed by atoms with Gasteiger partial charge in [0.1, 0.15) is 10.7 Å². The Bertz CT molecular complexity index is 523. The van der Waals surface area contributed by atoms with Crippen LogP contribution in [0.15, 0.2) is 23.4 Å². The van der Waals surface area contributed by atoms with Gasteiger partial charge in [-0.05, 0) is 6.07 Å². The molecule has 6 nitrogen and oxygen atoms in total. The highest BCUT2D eigenvalue weighted by Gasteiger charge is 2.33. The molecule has 18 heavy (non-hydrogen) atoms. The van der Waals surface area contributed by atoms with E-state index in [9.17, 15) is 12.8 Å². The average molecular weight is 275 g/mol. The maximum atomic E-state index is 13.0. The van der Waals surface area contributed by atoms with E-state index in [1.807, 2.05) is 0 Å². The van der Waals surface area contributed by atoms with Gasteiger partial charge >= 0.3 is 0 Å². The Labute approximate surface area is 105 Å². The smallest absolute Gasteiger partial charge is 0.245 e. The summed E-state index contributed by atoms with van der Waals surface area (Å²) in [6, 6.07) is 0.526. The number of nitrogens with two attached hydrogens (primary N) is 1. The second-order valence-electron chi connectivity index (χ2n) is 3.92. The molecule has 1 aliphatic rings. The van der Waals surface area contributed by atoms with Gasteiger partial charge in [0.2, 0.25) is 10.0 Å². The number of ether oxygens (including phenoxy) is 1. The Balaban J connectivity index is 2.35. The van der Waals surface area contributed by atoms with Crippen molar-refractivity contribution in [3.63, 3.8) is 0 Å². The van der Waals surface area contributed by atoms with E-state index in [0.29, 0.717) is 6.61 Å². The Morgan fingerprint density at radius 1 is 1.56 bits per heavy atom. The van der Waals surface area contributed by atoms with E-state index in [0.717, 1.165) is 18.5 Å². The molecule has 0 aromatic carbocycles. The normalized spacial score (nSPS) is 22.0. The van der Waals surface area contributed by atoms with E-state index in [1.54, 1.807) is 0 Å². The molecule has 2 rings (SSSR count). The van der Waals surface area contributed by atoms with Crippen LogP contribution in [0.2, 0.25) is 0 Å². The van der Waals surface area contributed by atoms with Crippen molar-refractivity contribution in [2.75, 3.05) is 26.3 Å². The van der Waals surface area contributed by atoms with Crippen molar-refractivity contribution in [1.82, 2.24) is 9.29 Å². The van der Waals surface area contributed by atoms with Crippen LogP contribution in [0.5, 0.6) is 0 Å². The molecule has 0 bridgehead atoms. The third-order valence-electron chi connectivity index (χ3n) is 2.73. The monoisotopic (exact) mass is 275 g/mol. The zero-order valence-electron chi connectivity index (χ0n) is 9.62. The molecule has 0 spiro atoms. The first-order valence-electron chi connectivity index (χ1n) is 5.46. The lowest BCUT2D eigenvalue weighted by Crippen LogP contribution is -2.51. The number of hydrogen-bond donors (Lipinski definition) is 1. The predicted octanol–water partition coefficient (Wildman–Crippen LogP) is -0.431. The van der Waals surface area contributed by atoms with Crippen molar-refractivity contribution in [2.45, 2.75) is 10.9 Å². The van der Waals surface area contributed by atoms with Gasteiger partial charge in [0.25, 0.3) is 0 Å². The van der Waals surface area contributed by atoms with Crippen LogP contribution in [-0.2, 0) is 14.8 Å². The van der Waals surface area contributed by atoms with Crippen LogP contribution in [0, 0.1) is 5.82 Å². The molecule has 0 radical (unpaired) electrons. The van der Waals surface area contributed by atoms with Gasteiger partial charge in [0, 0.05) is 19.3 Å². The van der Waals surface area contributed by atoms with E-state index in [1.165, 1.54) is 4.31 Å². The number of nitrogens with zero attached hydrogens (tertiary/aromatic N) is 2. The van der Waals surface area contributed by atoms with Gasteiger partial charge in [-0.1, -0.05) is 0 Å². The van der Waals surface area contributed by atoms with Crippen LogP contribution >= 0.6 is 0 Å². The first-order valence-corrected chi connectivity index (χ1v) is 6.90. The molecule has 1 aliphatic heterocycles. The van der Waals surface area contributed by atoms with Gasteiger partial charge in [-0.25, -0.2) is 12.8 Å². The highest BCUT2D eigenvalue weighted by molar-refractivity contribution is 7.89. The summed E-state index contributed by atoms with van der Waals surface area (Å²) < 4.78 is 44.1. The number of halogens is 1. The van der Waals surface area contributed by atoms with Gasteiger partial charge in [-0.2, -0.15) is 4.31 Å². The lowest BCUT2D eigenvalue weighted by Gasteiger charge is -2.33. The van der Waals surface area contributed by atoms with E-state index in [4.69, 9.17) is 10.5 Å². The molecule has 100 valence electrons. The number of aromatic nitrogens is 1. The maximum Gasteiger partial charge on any atom is 0.245 e. The highest BCUT2D eigenvalue weighted by atomic mass is 32.2. The zero-order valence-corrected chi connectivity index (χ0v) is 10.4. The molecule has 0 aliphatic carbocycles. The minimum Gasteiger partial charge on any atom is -0.378 e. The molecule has 0 amide bonds. The summed E-state index contributed by atoms with van der Waals surface area (Å²) in [4.78, 5) is 3.39. The first-order chi connectivity index (χ1) is 8.55. The van der Waals surface area contributed by atoms with Crippen molar-refractivity contribution < 1.29 is 17.5 Å². The van der Waals surface area contributed by atoms with Crippen LogP contribution in [0.4, 0.5) is 4.39 Å². The topological polar surface area (TPSA) is 85.5 Å². The molecular formula is C10H14FN3O3S. The third-order valence-corrected chi connectivity index (χ3v) is 4.65. The minimum atomic E-state index is -3.77. The van der Waals surface area contributed by atoms with E-state index >= 15 is 0 Å². The van der Waals surface area contributed by atoms with Gasteiger partial charge < -0.3 is 10.5 Å². The third kappa shape index (κ3) is 2.51. The molecule has 0 saturated carbocycles. The summed E-state index contributed by atoms with van der Waals surface area (Å²) in [6.45, 7) is 0.916. The molecule has 2 N–H and O–H groups in total. The molecule has 1 atom stereocenters. The van der Waals surface area contributed by atoms with Gasteiger partial charge in [0.15, 0.2) is 0 Å². The van der Waals surface area contributed by atoms with Crippen molar-refractivity contribution in [3.05, 3.63) is 24.3 Å². The number of hydrogen-bond acceptors (Lipinski definition) is 5. The van der Waals surface area contributed by atoms with E-state index < -0.39 is 21.9 Å². The summed E-state index contributed by atoms with van der Waals surface area (Å²) in [5.74, 6) is -0.686. The Morgan fingerprint density at radius 2 is 2.33 bits per heavy atom. The maximum absolute atomic E-state index is 13.0. The fourth-order valence-electron chi connectivity index (χ4n) is 1.81. The second-order valence-corrected chi connectivity index (χ2v) is 5.81. The fourth-order valence-corrected chi connectivity index (χ4v) is 3.39. The van der Waals surface area contributed by atoms with Gasteiger partial charge in [-0.15, -0.1) is 0 Å². The summed E-state index contributed by atoms with van der Waals surface area (Å²) in [7, 11) is -3.77. The molecule has 1 unspecified atom stereocenters. The lowest BCUT2D eigenvalue weighted by molar-refractivity contribution is 0.0358. The van der Waals surface area contributed by atoms with Gasteiger partial charge in [-0.3, -0.25) is 4.98 Å². The SMILES string of the molecule is NCC1COCCN1S(=O)(=O)c1cncc(F)c1. The van der Waals surface area contributed by atoms with Crippen molar-refractivity contribution in [1.29, 1.82) is 0 Å². The number of sulfonamides is 1. The molecule has 8 heteroatoms. The standard InChI is InChI=1S/C10H14FN3O3S/c11-8-3-10(6-13-5-8)18(15,16)14-1-2-17-7-9(14)4-12/h3,5-6,9H,1-2,4,7,12H2. The van der Waals surface area contributed by atoms with Crippen LogP contribution in [0.25, 0.3) is 0 Å². The van der Waals surface area contributed by atoms with Crippen LogP contribution in [0.3, 0.4) is 0 Å². The summed E-state index contributed by atoms with van der Waals surface area (Å²) in [5.41, 5.74) is 5.52. The molecule has 1 saturated heterocycles. The average Bonchev–Trinajstić information content (AvgIpc) is 2.38. The second kappa shape index (κ2) is 5.27. The summed E-state index contributed by atoms with van der Waals surface area (Å²) >= 11 is 0. The first kappa shape index (κ1) is 13.3. The van der Waals surface area contributed by atoms with E-state index in [-0.39, 0.29) is 24.6 Å². The van der Waals surface area contributed by atoms with Crippen molar-refractivity contribution in [3.8, 4) is 0 Å². The molecule has 1 aromatic rings. The fraction of sp³-hybridized carbons (Fsp3) is 0.500. The number of pyridine rings is 1. The largest absolute Gasteiger partial charge is 0.378 e.